The topological polar surface area (TPSA) is 74.2 Å². The molecule has 0 saturated carbocycles. The molecule has 9 heteroatoms. The molecule has 4 rings (SSSR count). The van der Waals surface area contributed by atoms with E-state index in [4.69, 9.17) is 0 Å². The molecule has 0 spiro atoms. The van der Waals surface area contributed by atoms with E-state index in [9.17, 15) is 4.79 Å². The van der Waals surface area contributed by atoms with E-state index in [1.807, 2.05) is 48.2 Å². The summed E-state index contributed by atoms with van der Waals surface area (Å²) in [4.78, 5) is 21.1. The quantitative estimate of drug-likeness (QED) is 0.605. The monoisotopic (exact) mass is 426 g/mol. The predicted octanol–water partition coefficient (Wildman–Crippen LogP) is 3.43. The number of anilines is 3. The smallest absolute Gasteiger partial charge is 0.233 e. The number of pyridine rings is 1. The lowest BCUT2D eigenvalue weighted by Crippen LogP contribution is -2.49. The van der Waals surface area contributed by atoms with Gasteiger partial charge < -0.3 is 15.1 Å². The maximum atomic E-state index is 12.6. The van der Waals surface area contributed by atoms with E-state index in [0.717, 1.165) is 34.1 Å². The Bertz CT molecular complexity index is 956. The minimum Gasteiger partial charge on any atom is -0.353 e. The van der Waals surface area contributed by atoms with Crippen LogP contribution in [-0.2, 0) is 4.79 Å². The van der Waals surface area contributed by atoms with Crippen LogP contribution in [0.1, 0.15) is 5.56 Å². The Hall–Kier alpha value is -2.65. The number of nitrogens with one attached hydrogen (secondary N) is 1. The van der Waals surface area contributed by atoms with E-state index in [0.29, 0.717) is 18.8 Å². The van der Waals surface area contributed by atoms with Gasteiger partial charge in [0.15, 0.2) is 4.34 Å². The number of nitrogens with zero attached hydrogens (tertiary/aromatic N) is 5. The number of hydrogen-bond donors (Lipinski definition) is 1. The van der Waals surface area contributed by atoms with Crippen molar-refractivity contribution in [1.29, 1.82) is 0 Å². The number of benzene rings is 1. The fourth-order valence-electron chi connectivity index (χ4n) is 3.11. The standard InChI is InChI=1S/C20H22N6OS2/c1-15-5-4-6-16(13-15)22-19-23-24-20(29-19)28-14-18(27)26-11-9-25(10-12-26)17-7-2-3-8-21-17/h2-8,13H,9-12,14H2,1H3,(H,22,23). The summed E-state index contributed by atoms with van der Waals surface area (Å²) in [6, 6.07) is 14.0. The SMILES string of the molecule is Cc1cccc(Nc2nnc(SCC(=O)N3CCN(c4ccccn4)CC3)s2)c1. The molecule has 1 N–H and O–H groups in total. The van der Waals surface area contributed by atoms with Gasteiger partial charge in [-0.05, 0) is 36.8 Å². The second-order valence-corrected chi connectivity index (χ2v) is 8.91. The highest BCUT2D eigenvalue weighted by Gasteiger charge is 2.22. The van der Waals surface area contributed by atoms with Crippen LogP contribution in [0.5, 0.6) is 0 Å². The van der Waals surface area contributed by atoms with E-state index in [2.05, 4.69) is 31.5 Å². The largest absolute Gasteiger partial charge is 0.353 e. The van der Waals surface area contributed by atoms with Gasteiger partial charge in [-0.15, -0.1) is 10.2 Å². The van der Waals surface area contributed by atoms with Crippen LogP contribution in [0.15, 0.2) is 53.0 Å². The minimum atomic E-state index is 0.138. The fourth-order valence-corrected chi connectivity index (χ4v) is 4.78. The van der Waals surface area contributed by atoms with Crippen LogP contribution in [0.25, 0.3) is 0 Å². The molecule has 3 heterocycles. The predicted molar refractivity (Wildman–Crippen MR) is 118 cm³/mol. The van der Waals surface area contributed by atoms with Crippen molar-refractivity contribution in [2.24, 2.45) is 0 Å². The highest BCUT2D eigenvalue weighted by atomic mass is 32.2. The van der Waals surface area contributed by atoms with Crippen molar-refractivity contribution in [3.05, 3.63) is 54.2 Å². The van der Waals surface area contributed by atoms with Crippen molar-refractivity contribution in [3.63, 3.8) is 0 Å². The second-order valence-electron chi connectivity index (χ2n) is 6.71. The lowest BCUT2D eigenvalue weighted by molar-refractivity contribution is -0.128. The number of amides is 1. The maximum absolute atomic E-state index is 12.6. The second kappa shape index (κ2) is 9.23. The van der Waals surface area contributed by atoms with Gasteiger partial charge in [0.1, 0.15) is 5.82 Å². The summed E-state index contributed by atoms with van der Waals surface area (Å²) in [6.07, 6.45) is 1.80. The van der Waals surface area contributed by atoms with Crippen LogP contribution < -0.4 is 10.2 Å². The van der Waals surface area contributed by atoms with E-state index >= 15 is 0 Å². The number of carbonyl (C=O) groups is 1. The summed E-state index contributed by atoms with van der Waals surface area (Å²) < 4.78 is 0.792. The van der Waals surface area contributed by atoms with Gasteiger partial charge in [0, 0.05) is 38.1 Å². The van der Waals surface area contributed by atoms with Crippen molar-refractivity contribution in [1.82, 2.24) is 20.1 Å². The average Bonchev–Trinajstić information content (AvgIpc) is 3.20. The van der Waals surface area contributed by atoms with Crippen LogP contribution in [0.2, 0.25) is 0 Å². The molecule has 0 bridgehead atoms. The third-order valence-electron chi connectivity index (χ3n) is 4.60. The third kappa shape index (κ3) is 5.24. The van der Waals surface area contributed by atoms with Crippen molar-refractivity contribution in [2.45, 2.75) is 11.3 Å². The lowest BCUT2D eigenvalue weighted by atomic mass is 10.2. The van der Waals surface area contributed by atoms with Gasteiger partial charge in [-0.25, -0.2) is 4.98 Å². The molecule has 1 aliphatic heterocycles. The molecule has 0 aliphatic carbocycles. The number of piperazine rings is 1. The van der Waals surface area contributed by atoms with Crippen molar-refractivity contribution in [2.75, 3.05) is 42.1 Å². The van der Waals surface area contributed by atoms with Crippen LogP contribution in [0.3, 0.4) is 0 Å². The van der Waals surface area contributed by atoms with E-state index in [1.165, 1.54) is 28.7 Å². The first-order valence-electron chi connectivity index (χ1n) is 9.41. The lowest BCUT2D eigenvalue weighted by Gasteiger charge is -2.35. The molecule has 150 valence electrons. The van der Waals surface area contributed by atoms with Gasteiger partial charge >= 0.3 is 0 Å². The Morgan fingerprint density at radius 2 is 2.00 bits per heavy atom. The zero-order valence-electron chi connectivity index (χ0n) is 16.1. The molecule has 1 amide bonds. The molecule has 3 aromatic rings. The number of rotatable bonds is 6. The molecule has 0 atom stereocenters. The number of aryl methyl sites for hydroxylation is 1. The van der Waals surface area contributed by atoms with E-state index in [-0.39, 0.29) is 5.91 Å². The zero-order chi connectivity index (χ0) is 20.1. The highest BCUT2D eigenvalue weighted by molar-refractivity contribution is 8.01. The average molecular weight is 427 g/mol. The molecular formula is C20H22N6OS2. The first kappa shape index (κ1) is 19.7. The normalized spacial score (nSPS) is 14.1. The van der Waals surface area contributed by atoms with Crippen LogP contribution in [0, 0.1) is 6.92 Å². The molecule has 29 heavy (non-hydrogen) atoms. The fraction of sp³-hybridized carbons (Fsp3) is 0.300. The number of carbonyl (C=O) groups excluding carboxylic acids is 1. The zero-order valence-corrected chi connectivity index (χ0v) is 17.7. The molecule has 1 fully saturated rings. The first-order chi connectivity index (χ1) is 14.2. The molecule has 1 aromatic carbocycles. The van der Waals surface area contributed by atoms with Crippen LogP contribution >= 0.6 is 23.1 Å². The summed E-state index contributed by atoms with van der Waals surface area (Å²) in [5.74, 6) is 1.48. The van der Waals surface area contributed by atoms with Gasteiger partial charge in [-0.1, -0.05) is 41.3 Å². The Balaban J connectivity index is 1.24. The van der Waals surface area contributed by atoms with Gasteiger partial charge in [-0.3, -0.25) is 4.79 Å². The van der Waals surface area contributed by atoms with Gasteiger partial charge in [0.25, 0.3) is 0 Å². The van der Waals surface area contributed by atoms with Gasteiger partial charge in [0.2, 0.25) is 11.0 Å². The molecule has 0 unspecified atom stereocenters. The van der Waals surface area contributed by atoms with Crippen molar-refractivity contribution >= 4 is 45.6 Å². The molecule has 7 nitrogen and oxygen atoms in total. The summed E-state index contributed by atoms with van der Waals surface area (Å²) in [7, 11) is 0. The Kier molecular flexibility index (Phi) is 6.26. The summed E-state index contributed by atoms with van der Waals surface area (Å²) >= 11 is 2.90. The molecule has 0 radical (unpaired) electrons. The highest BCUT2D eigenvalue weighted by Crippen LogP contribution is 2.28. The molecule has 1 saturated heterocycles. The summed E-state index contributed by atoms with van der Waals surface area (Å²) in [5, 5.41) is 12.4. The Labute approximate surface area is 178 Å². The molecular weight excluding hydrogens is 404 g/mol. The first-order valence-corrected chi connectivity index (χ1v) is 11.2. The Morgan fingerprint density at radius 1 is 1.14 bits per heavy atom. The van der Waals surface area contributed by atoms with Crippen molar-refractivity contribution < 1.29 is 4.79 Å². The van der Waals surface area contributed by atoms with E-state index < -0.39 is 0 Å². The summed E-state index contributed by atoms with van der Waals surface area (Å²) in [5.41, 5.74) is 2.17. The van der Waals surface area contributed by atoms with Crippen LogP contribution in [0.4, 0.5) is 16.6 Å². The molecule has 1 aliphatic rings. The van der Waals surface area contributed by atoms with Crippen molar-refractivity contribution in [3.8, 4) is 0 Å². The Morgan fingerprint density at radius 3 is 2.76 bits per heavy atom. The minimum absolute atomic E-state index is 0.138. The third-order valence-corrected chi connectivity index (χ3v) is 6.56. The molecule has 2 aromatic heterocycles. The summed E-state index contributed by atoms with van der Waals surface area (Å²) in [6.45, 7) is 5.08. The van der Waals surface area contributed by atoms with Crippen LogP contribution in [-0.4, -0.2) is 57.9 Å². The number of thioether (sulfide) groups is 1. The number of aromatic nitrogens is 3. The van der Waals surface area contributed by atoms with E-state index in [1.54, 1.807) is 6.20 Å². The number of hydrogen-bond acceptors (Lipinski definition) is 8. The maximum Gasteiger partial charge on any atom is 0.233 e. The van der Waals surface area contributed by atoms with Gasteiger partial charge in [0.05, 0.1) is 5.75 Å². The van der Waals surface area contributed by atoms with Gasteiger partial charge in [-0.2, -0.15) is 0 Å².